The molecule has 3 aromatic rings. The van der Waals surface area contributed by atoms with E-state index in [1.54, 1.807) is 12.1 Å². The average molecular weight is 436 g/mol. The maximum absolute atomic E-state index is 12.5. The van der Waals surface area contributed by atoms with Gasteiger partial charge in [-0.25, -0.2) is 4.79 Å². The third-order valence-corrected chi connectivity index (χ3v) is 5.12. The zero-order valence-corrected chi connectivity index (χ0v) is 17.7. The molecule has 0 atom stereocenters. The van der Waals surface area contributed by atoms with E-state index < -0.39 is 5.97 Å². The largest absolute Gasteiger partial charge is 0.465 e. The van der Waals surface area contributed by atoms with Crippen LogP contribution >= 0.6 is 0 Å². The summed E-state index contributed by atoms with van der Waals surface area (Å²) in [6.45, 7) is 2.74. The lowest BCUT2D eigenvalue weighted by Gasteiger charge is -2.29. The minimum Gasteiger partial charge on any atom is -0.465 e. The van der Waals surface area contributed by atoms with Crippen LogP contribution in [0.2, 0.25) is 0 Å². The highest BCUT2D eigenvalue weighted by Crippen LogP contribution is 2.25. The molecule has 1 aliphatic heterocycles. The van der Waals surface area contributed by atoms with Gasteiger partial charge in [0.05, 0.1) is 31.6 Å². The summed E-state index contributed by atoms with van der Waals surface area (Å²) < 4.78 is 15.5. The number of carbonyl (C=O) groups is 2. The number of hydrogen-bond acceptors (Lipinski definition) is 8. The van der Waals surface area contributed by atoms with Crippen molar-refractivity contribution in [2.45, 2.75) is 12.8 Å². The first kappa shape index (κ1) is 21.5. The molecule has 0 aliphatic carbocycles. The first-order valence-corrected chi connectivity index (χ1v) is 10.4. The predicted octanol–water partition coefficient (Wildman–Crippen LogP) is 2.93. The summed E-state index contributed by atoms with van der Waals surface area (Å²) in [5, 5.41) is 6.75. The van der Waals surface area contributed by atoms with Crippen LogP contribution in [0.25, 0.3) is 11.4 Å². The SMILES string of the molecule is COC(=O)c1cc(N2CCOCC2)ccc1NC(=O)CCc1nc(-c2ccccc2)no1. The molecular formula is C23H24N4O5. The summed E-state index contributed by atoms with van der Waals surface area (Å²) in [4.78, 5) is 31.3. The number of nitrogens with one attached hydrogen (secondary N) is 1. The Labute approximate surface area is 185 Å². The lowest BCUT2D eigenvalue weighted by atomic mass is 10.1. The molecule has 1 fully saturated rings. The van der Waals surface area contributed by atoms with Crippen LogP contribution in [0.5, 0.6) is 0 Å². The highest BCUT2D eigenvalue weighted by Gasteiger charge is 2.19. The third-order valence-electron chi connectivity index (χ3n) is 5.12. The molecule has 1 saturated heterocycles. The van der Waals surface area contributed by atoms with Gasteiger partial charge < -0.3 is 24.2 Å². The standard InChI is InChI=1S/C23H24N4O5/c1-30-23(29)18-15-17(27-11-13-31-14-12-27)7-8-19(18)24-20(28)9-10-21-25-22(26-32-21)16-5-3-2-4-6-16/h2-8,15H,9-14H2,1H3,(H,24,28). The number of methoxy groups -OCH3 is 1. The summed E-state index contributed by atoms with van der Waals surface area (Å²) in [5.41, 5.74) is 2.42. The average Bonchev–Trinajstić information content (AvgIpc) is 3.33. The molecule has 1 aliphatic rings. The van der Waals surface area contributed by atoms with Crippen LogP contribution in [0.3, 0.4) is 0 Å². The molecular weight excluding hydrogens is 412 g/mol. The third kappa shape index (κ3) is 5.12. The highest BCUT2D eigenvalue weighted by molar-refractivity contribution is 6.02. The second-order valence-corrected chi connectivity index (χ2v) is 7.25. The Morgan fingerprint density at radius 2 is 1.91 bits per heavy atom. The number of aromatic nitrogens is 2. The van der Waals surface area contributed by atoms with E-state index in [1.165, 1.54) is 7.11 Å². The van der Waals surface area contributed by atoms with Crippen molar-refractivity contribution < 1.29 is 23.6 Å². The van der Waals surface area contributed by atoms with Gasteiger partial charge >= 0.3 is 5.97 Å². The van der Waals surface area contributed by atoms with Crippen LogP contribution in [-0.2, 0) is 20.7 Å². The van der Waals surface area contributed by atoms with Crippen molar-refractivity contribution in [2.24, 2.45) is 0 Å². The number of aryl methyl sites for hydroxylation is 1. The fraction of sp³-hybridized carbons (Fsp3) is 0.304. The monoisotopic (exact) mass is 436 g/mol. The van der Waals surface area contributed by atoms with E-state index in [1.807, 2.05) is 36.4 Å². The molecule has 9 nitrogen and oxygen atoms in total. The minimum absolute atomic E-state index is 0.127. The Morgan fingerprint density at radius 1 is 1.12 bits per heavy atom. The summed E-state index contributed by atoms with van der Waals surface area (Å²) in [6, 6.07) is 14.8. The maximum atomic E-state index is 12.5. The summed E-state index contributed by atoms with van der Waals surface area (Å²) in [7, 11) is 1.31. The molecule has 0 radical (unpaired) electrons. The van der Waals surface area contributed by atoms with Crippen molar-refractivity contribution >= 4 is 23.3 Å². The van der Waals surface area contributed by atoms with E-state index in [9.17, 15) is 9.59 Å². The molecule has 0 spiro atoms. The Balaban J connectivity index is 1.41. The number of nitrogens with zero attached hydrogens (tertiary/aromatic N) is 3. The summed E-state index contributed by atoms with van der Waals surface area (Å²) >= 11 is 0. The van der Waals surface area contributed by atoms with Gasteiger partial charge in [-0.3, -0.25) is 4.79 Å². The minimum atomic E-state index is -0.514. The van der Waals surface area contributed by atoms with Crippen molar-refractivity contribution in [3.63, 3.8) is 0 Å². The van der Waals surface area contributed by atoms with E-state index in [2.05, 4.69) is 20.4 Å². The zero-order chi connectivity index (χ0) is 22.3. The number of rotatable bonds is 7. The number of amides is 1. The van der Waals surface area contributed by atoms with Gasteiger partial charge in [-0.05, 0) is 18.2 Å². The second kappa shape index (κ2) is 10.1. The molecule has 9 heteroatoms. The summed E-state index contributed by atoms with van der Waals surface area (Å²) in [6.07, 6.45) is 0.410. The molecule has 32 heavy (non-hydrogen) atoms. The van der Waals surface area contributed by atoms with E-state index in [0.717, 1.165) is 24.3 Å². The quantitative estimate of drug-likeness (QED) is 0.564. The van der Waals surface area contributed by atoms with Crippen molar-refractivity contribution in [2.75, 3.05) is 43.6 Å². The van der Waals surface area contributed by atoms with Gasteiger partial charge in [-0.15, -0.1) is 0 Å². The van der Waals surface area contributed by atoms with Crippen LogP contribution in [0, 0.1) is 0 Å². The van der Waals surface area contributed by atoms with E-state index in [0.29, 0.717) is 36.2 Å². The van der Waals surface area contributed by atoms with Gasteiger partial charge in [0.25, 0.3) is 0 Å². The summed E-state index contributed by atoms with van der Waals surface area (Å²) in [5.74, 6) is 0.0658. The molecule has 4 rings (SSSR count). The number of carbonyl (C=O) groups excluding carboxylic acids is 2. The number of hydrogen-bond donors (Lipinski definition) is 1. The van der Waals surface area contributed by atoms with E-state index in [-0.39, 0.29) is 18.7 Å². The second-order valence-electron chi connectivity index (χ2n) is 7.25. The molecule has 0 unspecified atom stereocenters. The van der Waals surface area contributed by atoms with Crippen molar-refractivity contribution in [1.29, 1.82) is 0 Å². The molecule has 166 valence electrons. The van der Waals surface area contributed by atoms with E-state index in [4.69, 9.17) is 14.0 Å². The molecule has 1 amide bonds. The lowest BCUT2D eigenvalue weighted by molar-refractivity contribution is -0.116. The topological polar surface area (TPSA) is 107 Å². The van der Waals surface area contributed by atoms with Crippen LogP contribution in [0.1, 0.15) is 22.7 Å². The van der Waals surface area contributed by atoms with Gasteiger partial charge in [0.15, 0.2) is 0 Å². The van der Waals surface area contributed by atoms with Crippen molar-refractivity contribution in [3.8, 4) is 11.4 Å². The van der Waals surface area contributed by atoms with Crippen molar-refractivity contribution in [1.82, 2.24) is 10.1 Å². The van der Waals surface area contributed by atoms with Gasteiger partial charge in [0.2, 0.25) is 17.6 Å². The lowest BCUT2D eigenvalue weighted by Crippen LogP contribution is -2.36. The van der Waals surface area contributed by atoms with Crippen molar-refractivity contribution in [3.05, 3.63) is 60.0 Å². The molecule has 1 N–H and O–H groups in total. The molecule has 0 bridgehead atoms. The first-order valence-electron chi connectivity index (χ1n) is 10.4. The Hall–Kier alpha value is -3.72. The van der Waals surface area contributed by atoms with Gasteiger partial charge in [-0.2, -0.15) is 4.98 Å². The predicted molar refractivity (Wildman–Crippen MR) is 117 cm³/mol. The normalized spacial score (nSPS) is 13.6. The molecule has 2 heterocycles. The Kier molecular flexibility index (Phi) is 6.76. The van der Waals surface area contributed by atoms with Crippen LogP contribution in [-0.4, -0.2) is 55.4 Å². The van der Waals surface area contributed by atoms with E-state index >= 15 is 0 Å². The number of anilines is 2. The van der Waals surface area contributed by atoms with Crippen LogP contribution in [0.4, 0.5) is 11.4 Å². The maximum Gasteiger partial charge on any atom is 0.340 e. The molecule has 0 saturated carbocycles. The highest BCUT2D eigenvalue weighted by atomic mass is 16.5. The fourth-order valence-corrected chi connectivity index (χ4v) is 3.43. The number of benzene rings is 2. The van der Waals surface area contributed by atoms with Gasteiger partial charge in [-0.1, -0.05) is 35.5 Å². The first-order chi connectivity index (χ1) is 15.6. The van der Waals surface area contributed by atoms with Gasteiger partial charge in [0.1, 0.15) is 0 Å². The Morgan fingerprint density at radius 3 is 2.66 bits per heavy atom. The van der Waals surface area contributed by atoms with Crippen LogP contribution in [0.15, 0.2) is 53.1 Å². The smallest absolute Gasteiger partial charge is 0.340 e. The number of ether oxygens (including phenoxy) is 2. The number of morpholine rings is 1. The van der Waals surface area contributed by atoms with Crippen LogP contribution < -0.4 is 10.2 Å². The fourth-order valence-electron chi connectivity index (χ4n) is 3.43. The molecule has 1 aromatic heterocycles. The zero-order valence-electron chi connectivity index (χ0n) is 17.7. The Bertz CT molecular complexity index is 1080. The van der Waals surface area contributed by atoms with Gasteiger partial charge in [0, 0.05) is 37.2 Å². The molecule has 2 aromatic carbocycles. The number of esters is 1.